The molecule has 2 bridgehead atoms. The Morgan fingerprint density at radius 3 is 2.48 bits per heavy atom. The molecule has 0 radical (unpaired) electrons. The molecule has 176 valence electrons. The quantitative estimate of drug-likeness (QED) is 0.650. The Morgan fingerprint density at radius 2 is 1.82 bits per heavy atom. The van der Waals surface area contributed by atoms with Crippen LogP contribution in [0.1, 0.15) is 52.0 Å². The molecule has 1 spiro atoms. The van der Waals surface area contributed by atoms with Crippen LogP contribution in [0.5, 0.6) is 0 Å². The van der Waals surface area contributed by atoms with Crippen LogP contribution in [0.3, 0.4) is 0 Å². The van der Waals surface area contributed by atoms with Crippen LogP contribution in [0.4, 0.5) is 0 Å². The SMILES string of the molecule is CC(C)N1C(=O)C2C(C(=O)NCc3ccccc3)C3(C)C=CC2(O3)C1C(=O)NC1CCCC1. The number of likely N-dealkylation sites (tertiary alicyclic amines) is 1. The fraction of sp³-hybridized carbons (Fsp3) is 0.577. The molecule has 2 N–H and O–H groups in total. The molecule has 1 aliphatic carbocycles. The minimum absolute atomic E-state index is 0.139. The summed E-state index contributed by atoms with van der Waals surface area (Å²) >= 11 is 0. The van der Waals surface area contributed by atoms with Gasteiger partial charge >= 0.3 is 0 Å². The molecule has 3 heterocycles. The van der Waals surface area contributed by atoms with Crippen molar-refractivity contribution >= 4 is 17.7 Å². The van der Waals surface area contributed by atoms with Gasteiger partial charge in [-0.25, -0.2) is 0 Å². The minimum Gasteiger partial charge on any atom is -0.356 e. The van der Waals surface area contributed by atoms with Crippen LogP contribution in [0.15, 0.2) is 42.5 Å². The van der Waals surface area contributed by atoms with Crippen molar-refractivity contribution in [2.75, 3.05) is 0 Å². The second-order valence-corrected chi connectivity index (χ2v) is 10.4. The number of ether oxygens (including phenoxy) is 1. The number of fused-ring (bicyclic) bond motifs is 1. The second kappa shape index (κ2) is 7.97. The lowest BCUT2D eigenvalue weighted by molar-refractivity contribution is -0.147. The second-order valence-electron chi connectivity index (χ2n) is 10.4. The Bertz CT molecular complexity index is 987. The molecule has 1 aromatic rings. The maximum Gasteiger partial charge on any atom is 0.246 e. The van der Waals surface area contributed by atoms with Crippen LogP contribution in [0.25, 0.3) is 0 Å². The summed E-state index contributed by atoms with van der Waals surface area (Å²) in [6, 6.07) is 8.86. The van der Waals surface area contributed by atoms with Crippen molar-refractivity contribution in [3.63, 3.8) is 0 Å². The van der Waals surface area contributed by atoms with E-state index in [1.807, 2.05) is 63.3 Å². The van der Waals surface area contributed by atoms with Crippen molar-refractivity contribution in [3.8, 4) is 0 Å². The highest BCUT2D eigenvalue weighted by Crippen LogP contribution is 2.60. The molecule has 1 saturated carbocycles. The van der Waals surface area contributed by atoms with Crippen LogP contribution in [0.2, 0.25) is 0 Å². The van der Waals surface area contributed by atoms with Gasteiger partial charge in [0.15, 0.2) is 0 Å². The smallest absolute Gasteiger partial charge is 0.246 e. The fourth-order valence-corrected chi connectivity index (χ4v) is 6.37. The van der Waals surface area contributed by atoms with Crippen LogP contribution >= 0.6 is 0 Å². The molecule has 7 heteroatoms. The number of amides is 3. The zero-order valence-electron chi connectivity index (χ0n) is 19.5. The molecule has 5 atom stereocenters. The molecule has 0 aromatic heterocycles. The summed E-state index contributed by atoms with van der Waals surface area (Å²) in [4.78, 5) is 42.4. The monoisotopic (exact) mass is 451 g/mol. The van der Waals surface area contributed by atoms with Gasteiger partial charge in [0.25, 0.3) is 0 Å². The average Bonchev–Trinajstić information content (AvgIpc) is 3.52. The van der Waals surface area contributed by atoms with Crippen molar-refractivity contribution in [1.29, 1.82) is 0 Å². The van der Waals surface area contributed by atoms with E-state index in [4.69, 9.17) is 4.74 Å². The Balaban J connectivity index is 1.44. The van der Waals surface area contributed by atoms with Crippen LogP contribution < -0.4 is 10.6 Å². The first kappa shape index (κ1) is 22.1. The molecule has 4 aliphatic rings. The minimum atomic E-state index is -1.12. The van der Waals surface area contributed by atoms with Gasteiger partial charge in [-0.2, -0.15) is 0 Å². The summed E-state index contributed by atoms with van der Waals surface area (Å²) in [7, 11) is 0. The van der Waals surface area contributed by atoms with Crippen molar-refractivity contribution in [2.45, 2.75) is 82.3 Å². The molecule has 7 nitrogen and oxygen atoms in total. The number of carbonyl (C=O) groups is 3. The first-order valence-corrected chi connectivity index (χ1v) is 12.1. The summed E-state index contributed by atoms with van der Waals surface area (Å²) in [5.74, 6) is -1.98. The zero-order valence-corrected chi connectivity index (χ0v) is 19.5. The lowest BCUT2D eigenvalue weighted by atomic mass is 9.70. The molecule has 1 aromatic carbocycles. The van der Waals surface area contributed by atoms with Crippen molar-refractivity contribution in [3.05, 3.63) is 48.0 Å². The molecule has 3 fully saturated rings. The van der Waals surface area contributed by atoms with E-state index in [0.29, 0.717) is 6.54 Å². The highest BCUT2D eigenvalue weighted by molar-refractivity contribution is 6.00. The molecular weight excluding hydrogens is 418 g/mol. The third-order valence-electron chi connectivity index (χ3n) is 7.83. The normalized spacial score (nSPS) is 34.8. The topological polar surface area (TPSA) is 87.7 Å². The Hall–Kier alpha value is -2.67. The molecule has 3 amide bonds. The van der Waals surface area contributed by atoms with E-state index in [9.17, 15) is 14.4 Å². The van der Waals surface area contributed by atoms with Crippen molar-refractivity contribution < 1.29 is 19.1 Å². The molecule has 33 heavy (non-hydrogen) atoms. The van der Waals surface area contributed by atoms with Crippen LogP contribution in [-0.2, 0) is 25.7 Å². The number of carbonyl (C=O) groups excluding carboxylic acids is 3. The van der Waals surface area contributed by atoms with Gasteiger partial charge < -0.3 is 20.3 Å². The standard InChI is InChI=1S/C26H33N3O4/c1-16(2)29-21(23(31)28-18-11-7-8-12-18)26-14-13-25(3,33-26)19(20(26)24(29)32)22(30)27-15-17-9-5-4-6-10-17/h4-6,9-10,13-14,16,18-21H,7-8,11-12,15H2,1-3H3,(H,27,30)(H,28,31). The Kier molecular flexibility index (Phi) is 5.35. The summed E-state index contributed by atoms with van der Waals surface area (Å²) in [5.41, 5.74) is -1.05. The van der Waals surface area contributed by atoms with E-state index < -0.39 is 29.1 Å². The lowest BCUT2D eigenvalue weighted by Crippen LogP contribution is -2.57. The first-order valence-electron chi connectivity index (χ1n) is 12.1. The maximum absolute atomic E-state index is 13.7. The molecular formula is C26H33N3O4. The molecule has 5 unspecified atom stereocenters. The molecule has 5 rings (SSSR count). The van der Waals surface area contributed by atoms with E-state index in [0.717, 1.165) is 31.2 Å². The van der Waals surface area contributed by atoms with Gasteiger partial charge in [0.2, 0.25) is 17.7 Å². The Morgan fingerprint density at radius 1 is 1.12 bits per heavy atom. The average molecular weight is 452 g/mol. The van der Waals surface area contributed by atoms with E-state index in [2.05, 4.69) is 10.6 Å². The van der Waals surface area contributed by atoms with Gasteiger partial charge in [0.05, 0.1) is 17.4 Å². The molecule has 2 saturated heterocycles. The summed E-state index contributed by atoms with van der Waals surface area (Å²) in [6.07, 6.45) is 7.89. The predicted molar refractivity (Wildman–Crippen MR) is 123 cm³/mol. The van der Waals surface area contributed by atoms with Gasteiger partial charge in [-0.05, 0) is 39.2 Å². The van der Waals surface area contributed by atoms with E-state index in [1.165, 1.54) is 0 Å². The summed E-state index contributed by atoms with van der Waals surface area (Å²) in [5, 5.41) is 6.18. The third-order valence-corrected chi connectivity index (χ3v) is 7.83. The third kappa shape index (κ3) is 3.39. The van der Waals surface area contributed by atoms with Crippen molar-refractivity contribution in [1.82, 2.24) is 15.5 Å². The summed E-state index contributed by atoms with van der Waals surface area (Å²) in [6.45, 7) is 6.05. The zero-order chi connectivity index (χ0) is 23.4. The van der Waals surface area contributed by atoms with Gasteiger partial charge in [0.1, 0.15) is 11.6 Å². The van der Waals surface area contributed by atoms with Gasteiger partial charge in [-0.1, -0.05) is 55.3 Å². The number of rotatable bonds is 6. The van der Waals surface area contributed by atoms with Gasteiger partial charge in [-0.3, -0.25) is 14.4 Å². The van der Waals surface area contributed by atoms with Crippen LogP contribution in [-0.4, -0.2) is 51.9 Å². The number of hydrogen-bond donors (Lipinski definition) is 2. The molecule has 3 aliphatic heterocycles. The number of nitrogens with one attached hydrogen (secondary N) is 2. The summed E-state index contributed by atoms with van der Waals surface area (Å²) < 4.78 is 6.51. The largest absolute Gasteiger partial charge is 0.356 e. The van der Waals surface area contributed by atoms with Crippen LogP contribution in [0, 0.1) is 11.8 Å². The fourth-order valence-electron chi connectivity index (χ4n) is 6.37. The van der Waals surface area contributed by atoms with E-state index in [-0.39, 0.29) is 29.8 Å². The maximum atomic E-state index is 13.7. The number of hydrogen-bond acceptors (Lipinski definition) is 4. The lowest BCUT2D eigenvalue weighted by Gasteiger charge is -2.35. The number of nitrogens with zero attached hydrogens (tertiary/aromatic N) is 1. The highest BCUT2D eigenvalue weighted by atomic mass is 16.5. The Labute approximate surface area is 194 Å². The number of benzene rings is 1. The van der Waals surface area contributed by atoms with E-state index in [1.54, 1.807) is 4.90 Å². The van der Waals surface area contributed by atoms with Crippen molar-refractivity contribution in [2.24, 2.45) is 11.8 Å². The van der Waals surface area contributed by atoms with Gasteiger partial charge in [0, 0.05) is 18.6 Å². The highest BCUT2D eigenvalue weighted by Gasteiger charge is 2.76. The van der Waals surface area contributed by atoms with E-state index >= 15 is 0 Å². The van der Waals surface area contributed by atoms with Gasteiger partial charge in [-0.15, -0.1) is 0 Å². The first-order chi connectivity index (χ1) is 15.8. The predicted octanol–water partition coefficient (Wildman–Crippen LogP) is 2.31.